The summed E-state index contributed by atoms with van der Waals surface area (Å²) in [7, 11) is 0. The maximum Gasteiger partial charge on any atom is 0.164 e. The summed E-state index contributed by atoms with van der Waals surface area (Å²) in [6.07, 6.45) is 0. The highest BCUT2D eigenvalue weighted by Crippen LogP contribution is 2.42. The van der Waals surface area contributed by atoms with Crippen LogP contribution in [0.1, 0.15) is 0 Å². The van der Waals surface area contributed by atoms with Crippen molar-refractivity contribution in [2.24, 2.45) is 0 Å². The number of benzene rings is 9. The van der Waals surface area contributed by atoms with E-state index >= 15 is 0 Å². The lowest BCUT2D eigenvalue weighted by Crippen LogP contribution is -2.01. The van der Waals surface area contributed by atoms with Gasteiger partial charge in [-0.25, -0.2) is 15.0 Å². The minimum absolute atomic E-state index is 0.567. The van der Waals surface area contributed by atoms with Crippen LogP contribution in [0.15, 0.2) is 217 Å². The summed E-state index contributed by atoms with van der Waals surface area (Å²) in [6.45, 7) is 0. The summed E-state index contributed by atoms with van der Waals surface area (Å²) in [6, 6.07) is 74.4. The molecule has 0 fully saturated rings. The highest BCUT2D eigenvalue weighted by molar-refractivity contribution is 6.19. The zero-order valence-electron chi connectivity index (χ0n) is 33.9. The maximum atomic E-state index is 6.53. The van der Waals surface area contributed by atoms with Crippen LogP contribution in [0.5, 0.6) is 0 Å². The molecule has 13 rings (SSSR count). The number of aromatic nitrogens is 5. The van der Waals surface area contributed by atoms with E-state index in [1.165, 1.54) is 32.6 Å². The Morgan fingerprint density at radius 2 is 0.794 bits per heavy atom. The minimum Gasteiger partial charge on any atom is -0.456 e. The number of hydrogen-bond acceptors (Lipinski definition) is 4. The first-order chi connectivity index (χ1) is 31.2. The van der Waals surface area contributed by atoms with Crippen molar-refractivity contribution in [3.63, 3.8) is 0 Å². The van der Waals surface area contributed by atoms with E-state index in [4.69, 9.17) is 19.4 Å². The van der Waals surface area contributed by atoms with Crippen molar-refractivity contribution >= 4 is 65.6 Å². The first kappa shape index (κ1) is 35.2. The van der Waals surface area contributed by atoms with Gasteiger partial charge in [-0.2, -0.15) is 0 Å². The fourth-order valence-electron chi connectivity index (χ4n) is 9.53. The molecule has 294 valence electrons. The highest BCUT2D eigenvalue weighted by Gasteiger charge is 2.21. The van der Waals surface area contributed by atoms with Crippen LogP contribution in [0, 0.1) is 0 Å². The van der Waals surface area contributed by atoms with Gasteiger partial charge >= 0.3 is 0 Å². The summed E-state index contributed by atoms with van der Waals surface area (Å²) in [5.41, 5.74) is 13.2. The fourth-order valence-corrected chi connectivity index (χ4v) is 9.53. The highest BCUT2D eigenvalue weighted by atomic mass is 16.3. The van der Waals surface area contributed by atoms with E-state index in [2.05, 4.69) is 173 Å². The lowest BCUT2D eigenvalue weighted by Gasteiger charge is -2.12. The number of furan rings is 1. The molecule has 4 aromatic heterocycles. The lowest BCUT2D eigenvalue weighted by molar-refractivity contribution is 0.669. The molecule has 0 aliphatic heterocycles. The van der Waals surface area contributed by atoms with E-state index < -0.39 is 0 Å². The largest absolute Gasteiger partial charge is 0.456 e. The van der Waals surface area contributed by atoms with Crippen molar-refractivity contribution in [2.75, 3.05) is 0 Å². The van der Waals surface area contributed by atoms with E-state index in [1.54, 1.807) is 0 Å². The zero-order valence-corrected chi connectivity index (χ0v) is 33.9. The van der Waals surface area contributed by atoms with Gasteiger partial charge in [-0.3, -0.25) is 0 Å². The molecule has 0 bridgehead atoms. The van der Waals surface area contributed by atoms with Gasteiger partial charge in [0.25, 0.3) is 0 Å². The molecule has 0 saturated carbocycles. The molecule has 0 saturated heterocycles. The molecule has 0 amide bonds. The van der Waals surface area contributed by atoms with E-state index in [1.807, 2.05) is 48.5 Å². The Kier molecular flexibility index (Phi) is 7.80. The molecule has 0 unspecified atom stereocenters. The predicted molar refractivity (Wildman–Crippen MR) is 258 cm³/mol. The second-order valence-corrected chi connectivity index (χ2v) is 16.0. The van der Waals surface area contributed by atoms with E-state index in [9.17, 15) is 0 Å². The van der Waals surface area contributed by atoms with Crippen molar-refractivity contribution in [3.05, 3.63) is 212 Å². The van der Waals surface area contributed by atoms with Gasteiger partial charge in [0.05, 0.1) is 22.1 Å². The van der Waals surface area contributed by atoms with Gasteiger partial charge in [-0.05, 0) is 77.9 Å². The summed E-state index contributed by atoms with van der Waals surface area (Å²) in [5.74, 6) is 1.75. The lowest BCUT2D eigenvalue weighted by atomic mass is 9.97. The molecule has 0 N–H and O–H groups in total. The quantitative estimate of drug-likeness (QED) is 0.168. The topological polar surface area (TPSA) is 61.7 Å². The van der Waals surface area contributed by atoms with Crippen LogP contribution in [0.25, 0.3) is 122 Å². The normalized spacial score (nSPS) is 11.8. The Morgan fingerprint density at radius 1 is 0.302 bits per heavy atom. The molecule has 6 heteroatoms. The Hall–Kier alpha value is -8.61. The molecule has 9 aromatic carbocycles. The number of fused-ring (bicyclic) bond motifs is 9. The summed E-state index contributed by atoms with van der Waals surface area (Å²) in [5, 5.41) is 6.93. The SMILES string of the molecule is c1ccc(-c2nc(-c3cccc(-n4c5ccccc5c5cc6c(cc54)c4ccccc4n6-c4ccccc4)c3)nc(-c3cc(-c4ccccc4)c4c(c3)oc3ccccc34)n2)cc1. The van der Waals surface area contributed by atoms with Crippen LogP contribution in [-0.2, 0) is 0 Å². The summed E-state index contributed by atoms with van der Waals surface area (Å²) in [4.78, 5) is 15.6. The standard InChI is InChI=1S/C57H35N5O/c1-4-17-36(18-5-1)45-32-39(33-53-54(45)44-27-12-15-30-52(44)63-53)57-59-55(37-19-6-2-7-20-37)58-56(60-57)38-21-16-24-41(31-38)62-49-29-14-11-26-43(49)47-34-50-46(35-51(47)62)42-25-10-13-28-48(42)61(50)40-22-8-3-9-23-40/h1-35H. The van der Waals surface area contributed by atoms with Crippen molar-refractivity contribution in [3.8, 4) is 56.7 Å². The first-order valence-electron chi connectivity index (χ1n) is 21.2. The number of hydrogen-bond donors (Lipinski definition) is 0. The average Bonchev–Trinajstić information content (AvgIpc) is 4.01. The van der Waals surface area contributed by atoms with Crippen LogP contribution < -0.4 is 0 Å². The van der Waals surface area contributed by atoms with E-state index in [0.29, 0.717) is 17.5 Å². The van der Waals surface area contributed by atoms with E-state index in [-0.39, 0.29) is 0 Å². The molecule has 0 spiro atoms. The van der Waals surface area contributed by atoms with Crippen LogP contribution in [0.4, 0.5) is 0 Å². The molecular weight excluding hydrogens is 771 g/mol. The Morgan fingerprint density at radius 3 is 1.46 bits per heavy atom. The number of nitrogens with zero attached hydrogens (tertiary/aromatic N) is 5. The average molecular weight is 806 g/mol. The molecule has 63 heavy (non-hydrogen) atoms. The van der Waals surface area contributed by atoms with Crippen LogP contribution >= 0.6 is 0 Å². The fraction of sp³-hybridized carbons (Fsp3) is 0. The third-order valence-electron chi connectivity index (χ3n) is 12.3. The molecule has 0 aliphatic rings. The summed E-state index contributed by atoms with van der Waals surface area (Å²) < 4.78 is 11.3. The third kappa shape index (κ3) is 5.62. The third-order valence-corrected chi connectivity index (χ3v) is 12.3. The molecule has 0 aliphatic carbocycles. The summed E-state index contributed by atoms with van der Waals surface area (Å²) >= 11 is 0. The predicted octanol–water partition coefficient (Wildman–Crippen LogP) is 14.6. The number of para-hydroxylation sites is 4. The van der Waals surface area contributed by atoms with Crippen LogP contribution in [0.3, 0.4) is 0 Å². The van der Waals surface area contributed by atoms with Gasteiger partial charge in [-0.1, -0.05) is 146 Å². The van der Waals surface area contributed by atoms with Crippen molar-refractivity contribution in [1.82, 2.24) is 24.1 Å². The smallest absolute Gasteiger partial charge is 0.164 e. The number of rotatable bonds is 6. The van der Waals surface area contributed by atoms with Crippen LogP contribution in [0.2, 0.25) is 0 Å². The molecule has 13 aromatic rings. The Balaban J connectivity index is 1.02. The van der Waals surface area contributed by atoms with E-state index in [0.717, 1.165) is 72.2 Å². The van der Waals surface area contributed by atoms with Gasteiger partial charge in [0.15, 0.2) is 17.5 Å². The first-order valence-corrected chi connectivity index (χ1v) is 21.2. The monoisotopic (exact) mass is 805 g/mol. The van der Waals surface area contributed by atoms with Gasteiger partial charge in [0, 0.05) is 60.4 Å². The Labute approximate surface area is 361 Å². The van der Waals surface area contributed by atoms with Crippen molar-refractivity contribution in [2.45, 2.75) is 0 Å². The van der Waals surface area contributed by atoms with Crippen molar-refractivity contribution in [1.29, 1.82) is 0 Å². The van der Waals surface area contributed by atoms with Crippen LogP contribution in [-0.4, -0.2) is 24.1 Å². The van der Waals surface area contributed by atoms with Gasteiger partial charge in [-0.15, -0.1) is 0 Å². The second kappa shape index (κ2) is 14.0. The second-order valence-electron chi connectivity index (χ2n) is 16.0. The molecular formula is C57H35N5O. The maximum absolute atomic E-state index is 6.53. The molecule has 0 atom stereocenters. The van der Waals surface area contributed by atoms with Gasteiger partial charge in [0.1, 0.15) is 11.2 Å². The van der Waals surface area contributed by atoms with Crippen molar-refractivity contribution < 1.29 is 4.42 Å². The van der Waals surface area contributed by atoms with Gasteiger partial charge < -0.3 is 13.6 Å². The Bertz CT molecular complexity index is 3900. The molecule has 4 heterocycles. The molecule has 6 nitrogen and oxygen atoms in total. The minimum atomic E-state index is 0.567. The zero-order chi connectivity index (χ0) is 41.4. The van der Waals surface area contributed by atoms with Gasteiger partial charge in [0.2, 0.25) is 0 Å². The molecule has 0 radical (unpaired) electrons.